The second-order valence-electron chi connectivity index (χ2n) is 5.01. The summed E-state index contributed by atoms with van der Waals surface area (Å²) >= 11 is 0. The van der Waals surface area contributed by atoms with Crippen LogP contribution in [0.5, 0.6) is 0 Å². The SMILES string of the molecule is O=C([O-])CC([O-])(CC(=O)[O-])C(=O)[O-].O=C([O-])CC([O-])(CC(=O)[O-])C(=O)[O-].O=C([O-])[O-].[Ca+2].[Ca+2].[Ca+2].[Ca+2].[Ca+2]. The fourth-order valence-corrected chi connectivity index (χ4v) is 1.35. The van der Waals surface area contributed by atoms with Crippen LogP contribution in [-0.4, -0.2) is 242 Å². The maximum atomic E-state index is 10.9. The molecule has 0 aliphatic rings. The van der Waals surface area contributed by atoms with Gasteiger partial charge in [0, 0.05) is 35.8 Å². The number of hydrogen-bond acceptors (Lipinski definition) is 17. The summed E-state index contributed by atoms with van der Waals surface area (Å²) in [4.78, 5) is 68.0. The van der Waals surface area contributed by atoms with Gasteiger partial charge in [0.2, 0.25) is 0 Å². The Kier molecular flexibility index (Phi) is 47.9. The van der Waals surface area contributed by atoms with E-state index in [1.54, 1.807) is 0 Å². The summed E-state index contributed by atoms with van der Waals surface area (Å²) in [6.07, 6.45) is -8.21. The number of carbonyl (C=O) groups excluding carboxylic acids is 7. The van der Waals surface area contributed by atoms with E-state index in [-0.39, 0.29) is 189 Å². The summed E-state index contributed by atoms with van der Waals surface area (Å²) in [5, 5.41) is 98.2. The quantitative estimate of drug-likeness (QED) is 0.201. The van der Waals surface area contributed by atoms with E-state index in [0.29, 0.717) is 0 Å². The van der Waals surface area contributed by atoms with Crippen LogP contribution in [0.15, 0.2) is 0 Å². The van der Waals surface area contributed by atoms with E-state index < -0.39 is 78.9 Å². The van der Waals surface area contributed by atoms with Crippen molar-refractivity contribution in [2.75, 3.05) is 0 Å². The molecule has 0 aliphatic carbocycles. The van der Waals surface area contributed by atoms with Crippen LogP contribution < -0.4 is 51.1 Å². The zero-order valence-corrected chi connectivity index (χ0v) is 28.8. The molecular formula is C13H8Ca5O17. The molecule has 0 aromatic rings. The van der Waals surface area contributed by atoms with Crippen LogP contribution in [-0.2, 0) is 28.8 Å². The Balaban J connectivity index is -0.0000000534. The van der Waals surface area contributed by atoms with Crippen LogP contribution in [0.3, 0.4) is 0 Å². The molecule has 0 N–H and O–H groups in total. The van der Waals surface area contributed by atoms with E-state index in [1.165, 1.54) is 0 Å². The molecule has 22 heteroatoms. The average Bonchev–Trinajstić information content (AvgIpc) is 2.43. The summed E-state index contributed by atoms with van der Waals surface area (Å²) < 4.78 is 0. The predicted octanol–water partition coefficient (Wildman–Crippen LogP) is -16.1. The molecule has 0 saturated heterocycles. The summed E-state index contributed by atoms with van der Waals surface area (Å²) in [5.41, 5.74) is -6.45. The number of rotatable bonds is 10. The van der Waals surface area contributed by atoms with Crippen LogP contribution in [0.25, 0.3) is 0 Å². The van der Waals surface area contributed by atoms with Gasteiger partial charge in [-0.05, 0) is 31.8 Å². The van der Waals surface area contributed by atoms with E-state index >= 15 is 0 Å². The van der Waals surface area contributed by atoms with Crippen molar-refractivity contribution in [3.63, 3.8) is 0 Å². The average molecular weight is 637 g/mol. The predicted molar refractivity (Wildman–Crippen MR) is 88.1 cm³/mol. The van der Waals surface area contributed by atoms with E-state index in [9.17, 15) is 69.6 Å². The van der Waals surface area contributed by atoms with Crippen LogP contribution >= 0.6 is 0 Å². The first-order valence-electron chi connectivity index (χ1n) is 6.80. The van der Waals surface area contributed by atoms with Gasteiger partial charge < -0.3 is 84.6 Å². The normalized spacial score (nSPS) is 8.74. The van der Waals surface area contributed by atoms with Gasteiger partial charge in [0.1, 0.15) is 0 Å². The van der Waals surface area contributed by atoms with Crippen LogP contribution in [0, 0.1) is 0 Å². The molecule has 35 heavy (non-hydrogen) atoms. The monoisotopic (exact) mass is 636 g/mol. The Morgan fingerprint density at radius 3 is 0.571 bits per heavy atom. The van der Waals surface area contributed by atoms with Crippen molar-refractivity contribution in [3.8, 4) is 0 Å². The van der Waals surface area contributed by atoms with Crippen molar-refractivity contribution in [1.29, 1.82) is 0 Å². The largest absolute Gasteiger partial charge is 2.00 e. The minimum atomic E-state index is -3.22. The van der Waals surface area contributed by atoms with Gasteiger partial charge >= 0.3 is 189 Å². The van der Waals surface area contributed by atoms with E-state index in [1.807, 2.05) is 0 Å². The Morgan fingerprint density at radius 2 is 0.514 bits per heavy atom. The molecule has 0 aliphatic heterocycles. The first kappa shape index (κ1) is 57.3. The van der Waals surface area contributed by atoms with Crippen molar-refractivity contribution in [3.05, 3.63) is 0 Å². The standard InChI is InChI=1S/2C6H7O7.CH2O3.5Ca/c2*7-3(8)1-6(13,5(11)12)2-4(9)10;2-1(3)4;;;;;/h2*1-2H2,(H,7,8)(H,9,10)(H,11,12);(H2,2,3,4);;;;;/q2*-1;;5*+2/p-8. The van der Waals surface area contributed by atoms with Gasteiger partial charge in [0.25, 0.3) is 0 Å². The molecule has 0 amide bonds. The number of carbonyl (C=O) groups is 7. The van der Waals surface area contributed by atoms with E-state index in [2.05, 4.69) is 0 Å². The zero-order valence-electron chi connectivity index (χ0n) is 17.8. The van der Waals surface area contributed by atoms with Crippen LogP contribution in [0.2, 0.25) is 0 Å². The molecule has 0 saturated carbocycles. The van der Waals surface area contributed by atoms with Gasteiger partial charge in [0.15, 0.2) is 0 Å². The number of carboxylic acid groups (broad SMARTS) is 8. The van der Waals surface area contributed by atoms with Gasteiger partial charge in [-0.1, -0.05) is 11.2 Å². The first-order valence-corrected chi connectivity index (χ1v) is 6.80. The van der Waals surface area contributed by atoms with Crippen molar-refractivity contribution in [1.82, 2.24) is 0 Å². The third kappa shape index (κ3) is 36.3. The Labute approximate surface area is 345 Å². The zero-order chi connectivity index (χ0) is 24.9. The van der Waals surface area contributed by atoms with E-state index in [0.717, 1.165) is 0 Å². The van der Waals surface area contributed by atoms with Gasteiger partial charge in [-0.3, -0.25) is 0 Å². The summed E-state index contributed by atoms with van der Waals surface area (Å²) in [6, 6.07) is 0. The molecule has 0 rings (SSSR count). The van der Waals surface area contributed by atoms with Crippen molar-refractivity contribution < 1.29 is 84.6 Å². The third-order valence-corrected chi connectivity index (χ3v) is 2.46. The Bertz CT molecular complexity index is 610. The molecular weight excluding hydrogens is 629 g/mol. The molecule has 0 atom stereocenters. The minimum Gasteiger partial charge on any atom is -0.845 e. The van der Waals surface area contributed by atoms with Crippen molar-refractivity contribution in [2.24, 2.45) is 0 Å². The topological polar surface area (TPSA) is 350 Å². The fourth-order valence-electron chi connectivity index (χ4n) is 1.35. The third-order valence-electron chi connectivity index (χ3n) is 2.46. The smallest absolute Gasteiger partial charge is 0.845 e. The molecule has 0 aromatic carbocycles. The molecule has 0 aromatic heterocycles. The molecule has 0 heterocycles. The fraction of sp³-hybridized carbons (Fsp3) is 0.462. The molecule has 0 fully saturated rings. The van der Waals surface area contributed by atoms with Gasteiger partial charge in [-0.25, -0.2) is 0 Å². The Hall–Kier alpha value is 2.31. The summed E-state index contributed by atoms with van der Waals surface area (Å²) in [5.74, 6) is -12.4. The molecule has 172 valence electrons. The van der Waals surface area contributed by atoms with Crippen LogP contribution in [0.1, 0.15) is 25.7 Å². The number of hydrogen-bond donors (Lipinski definition) is 0. The maximum absolute atomic E-state index is 10.9. The van der Waals surface area contributed by atoms with E-state index in [4.69, 9.17) is 15.0 Å². The second kappa shape index (κ2) is 29.3. The van der Waals surface area contributed by atoms with Crippen LogP contribution in [0.4, 0.5) is 4.79 Å². The first-order chi connectivity index (χ1) is 13.3. The van der Waals surface area contributed by atoms with Gasteiger partial charge in [-0.15, -0.1) is 0 Å². The number of aliphatic carboxylic acids is 6. The van der Waals surface area contributed by atoms with Crippen molar-refractivity contribution in [2.45, 2.75) is 36.9 Å². The second-order valence-corrected chi connectivity index (χ2v) is 5.01. The van der Waals surface area contributed by atoms with Gasteiger partial charge in [-0.2, -0.15) is 0 Å². The molecule has 17 nitrogen and oxygen atoms in total. The molecule has 0 spiro atoms. The maximum Gasteiger partial charge on any atom is 2.00 e. The molecule has 0 unspecified atom stereocenters. The molecule has 0 radical (unpaired) electrons. The minimum absolute atomic E-state index is 0. The Morgan fingerprint density at radius 1 is 0.400 bits per heavy atom. The summed E-state index contributed by atoms with van der Waals surface area (Å²) in [7, 11) is 0. The molecule has 0 bridgehead atoms. The number of carboxylic acids is 6. The summed E-state index contributed by atoms with van der Waals surface area (Å²) in [6.45, 7) is 0. The van der Waals surface area contributed by atoms with Gasteiger partial charge in [0.05, 0.1) is 0 Å². The van der Waals surface area contributed by atoms with Crippen molar-refractivity contribution >= 4 is 231 Å².